The van der Waals surface area contributed by atoms with Crippen LogP contribution in [0.5, 0.6) is 0 Å². The summed E-state index contributed by atoms with van der Waals surface area (Å²) >= 11 is 0. The fourth-order valence-corrected chi connectivity index (χ4v) is 1.99. The molecular formula is C14H25N5O. The van der Waals surface area contributed by atoms with Crippen LogP contribution in [0.4, 0.5) is 5.82 Å². The molecule has 0 spiro atoms. The first-order chi connectivity index (χ1) is 9.56. The molecule has 1 rings (SSSR count). The maximum Gasteiger partial charge on any atom is 0.271 e. The molecule has 3 N–H and O–H groups in total. The minimum Gasteiger partial charge on any atom is -0.382 e. The molecule has 0 aliphatic carbocycles. The zero-order valence-corrected chi connectivity index (χ0v) is 12.6. The normalized spacial score (nSPS) is 12.4. The number of anilines is 1. The van der Waals surface area contributed by atoms with Gasteiger partial charge in [-0.1, -0.05) is 13.8 Å². The highest BCUT2D eigenvalue weighted by Crippen LogP contribution is 2.02. The average molecular weight is 279 g/mol. The zero-order valence-electron chi connectivity index (χ0n) is 12.6. The fraction of sp³-hybridized carbons (Fsp3) is 0.643. The van der Waals surface area contributed by atoms with Crippen LogP contribution in [0.3, 0.4) is 0 Å². The van der Waals surface area contributed by atoms with E-state index in [1.54, 1.807) is 0 Å². The van der Waals surface area contributed by atoms with Gasteiger partial charge in [0.25, 0.3) is 5.91 Å². The van der Waals surface area contributed by atoms with E-state index in [9.17, 15) is 4.79 Å². The summed E-state index contributed by atoms with van der Waals surface area (Å²) in [5.74, 6) is 0.113. The zero-order chi connectivity index (χ0) is 15.0. The fourth-order valence-electron chi connectivity index (χ4n) is 1.99. The third kappa shape index (κ3) is 5.52. The summed E-state index contributed by atoms with van der Waals surface area (Å²) in [6, 6.07) is 0.123. The van der Waals surface area contributed by atoms with Crippen LogP contribution < -0.4 is 11.1 Å². The lowest BCUT2D eigenvalue weighted by atomic mass is 10.1. The number of nitrogen functional groups attached to an aromatic ring is 1. The SMILES string of the molecule is CCN(CC)CCCC(C)NC(=O)c1cnc(N)cn1. The topological polar surface area (TPSA) is 84.1 Å². The van der Waals surface area contributed by atoms with Gasteiger partial charge in [0, 0.05) is 6.04 Å². The molecule has 6 heteroatoms. The van der Waals surface area contributed by atoms with E-state index in [-0.39, 0.29) is 11.9 Å². The summed E-state index contributed by atoms with van der Waals surface area (Å²) in [6.45, 7) is 9.53. The number of aromatic nitrogens is 2. The second-order valence-corrected chi connectivity index (χ2v) is 4.87. The maximum atomic E-state index is 11.9. The smallest absolute Gasteiger partial charge is 0.271 e. The number of carbonyl (C=O) groups is 1. The minimum atomic E-state index is -0.201. The molecule has 0 aliphatic heterocycles. The summed E-state index contributed by atoms with van der Waals surface area (Å²) in [6.07, 6.45) is 4.80. The van der Waals surface area contributed by atoms with E-state index in [0.29, 0.717) is 11.5 Å². The van der Waals surface area contributed by atoms with Crippen molar-refractivity contribution in [2.24, 2.45) is 0 Å². The highest BCUT2D eigenvalue weighted by Gasteiger charge is 2.11. The van der Waals surface area contributed by atoms with Gasteiger partial charge in [-0.2, -0.15) is 0 Å². The number of nitrogens with zero attached hydrogens (tertiary/aromatic N) is 3. The maximum absolute atomic E-state index is 11.9. The number of amides is 1. The minimum absolute atomic E-state index is 0.123. The van der Waals surface area contributed by atoms with Crippen molar-refractivity contribution >= 4 is 11.7 Å². The van der Waals surface area contributed by atoms with Crippen molar-refractivity contribution in [1.29, 1.82) is 0 Å². The van der Waals surface area contributed by atoms with Gasteiger partial charge in [0.05, 0.1) is 12.4 Å². The number of carbonyl (C=O) groups excluding carboxylic acids is 1. The Balaban J connectivity index is 2.33. The third-order valence-corrected chi connectivity index (χ3v) is 3.29. The first-order valence-electron chi connectivity index (χ1n) is 7.17. The molecule has 1 aromatic heterocycles. The van der Waals surface area contributed by atoms with Crippen LogP contribution in [-0.4, -0.2) is 46.5 Å². The summed E-state index contributed by atoms with van der Waals surface area (Å²) in [7, 11) is 0. The molecule has 0 saturated heterocycles. The number of rotatable bonds is 8. The highest BCUT2D eigenvalue weighted by atomic mass is 16.1. The lowest BCUT2D eigenvalue weighted by Crippen LogP contribution is -2.34. The Hall–Kier alpha value is -1.69. The van der Waals surface area contributed by atoms with Gasteiger partial charge in [-0.05, 0) is 39.4 Å². The molecule has 0 fully saturated rings. The Morgan fingerprint density at radius 1 is 1.35 bits per heavy atom. The molecule has 1 heterocycles. The average Bonchev–Trinajstić information content (AvgIpc) is 2.44. The summed E-state index contributed by atoms with van der Waals surface area (Å²) in [5, 5.41) is 2.92. The van der Waals surface area contributed by atoms with Gasteiger partial charge in [0.2, 0.25) is 0 Å². The third-order valence-electron chi connectivity index (χ3n) is 3.29. The van der Waals surface area contributed by atoms with Crippen molar-refractivity contribution in [2.75, 3.05) is 25.4 Å². The van der Waals surface area contributed by atoms with Crippen molar-refractivity contribution in [3.8, 4) is 0 Å². The Morgan fingerprint density at radius 2 is 2.05 bits per heavy atom. The Labute approximate surface area is 120 Å². The molecule has 1 unspecified atom stereocenters. The van der Waals surface area contributed by atoms with Crippen LogP contribution in [0.1, 0.15) is 44.1 Å². The van der Waals surface area contributed by atoms with Crippen molar-refractivity contribution in [2.45, 2.75) is 39.7 Å². The molecule has 6 nitrogen and oxygen atoms in total. The van der Waals surface area contributed by atoms with Crippen LogP contribution >= 0.6 is 0 Å². The number of nitrogens with one attached hydrogen (secondary N) is 1. The highest BCUT2D eigenvalue weighted by molar-refractivity contribution is 5.92. The molecule has 0 aromatic carbocycles. The molecule has 0 radical (unpaired) electrons. The van der Waals surface area contributed by atoms with Gasteiger partial charge in [-0.3, -0.25) is 4.79 Å². The molecule has 112 valence electrons. The Bertz CT molecular complexity index is 403. The lowest BCUT2D eigenvalue weighted by molar-refractivity contribution is 0.0932. The van der Waals surface area contributed by atoms with Crippen molar-refractivity contribution in [3.63, 3.8) is 0 Å². The number of hydrogen-bond acceptors (Lipinski definition) is 5. The van der Waals surface area contributed by atoms with Gasteiger partial charge in [0.15, 0.2) is 0 Å². The van der Waals surface area contributed by atoms with Crippen LogP contribution in [0.25, 0.3) is 0 Å². The molecule has 1 atom stereocenters. The number of nitrogens with two attached hydrogens (primary N) is 1. The molecule has 0 saturated carbocycles. The van der Waals surface area contributed by atoms with E-state index in [2.05, 4.69) is 34.0 Å². The largest absolute Gasteiger partial charge is 0.382 e. The first kappa shape index (κ1) is 16.4. The molecule has 0 aliphatic rings. The molecule has 1 amide bonds. The summed E-state index contributed by atoms with van der Waals surface area (Å²) in [5.41, 5.74) is 5.74. The first-order valence-corrected chi connectivity index (χ1v) is 7.17. The summed E-state index contributed by atoms with van der Waals surface area (Å²) in [4.78, 5) is 22.1. The van der Waals surface area contributed by atoms with Gasteiger partial charge in [-0.25, -0.2) is 9.97 Å². The molecular weight excluding hydrogens is 254 g/mol. The van der Waals surface area contributed by atoms with E-state index in [1.165, 1.54) is 12.4 Å². The second-order valence-electron chi connectivity index (χ2n) is 4.87. The Kier molecular flexibility index (Phi) is 6.93. The molecule has 0 bridgehead atoms. The van der Waals surface area contributed by atoms with Gasteiger partial charge in [0.1, 0.15) is 11.5 Å². The van der Waals surface area contributed by atoms with Crippen LogP contribution in [0.2, 0.25) is 0 Å². The van der Waals surface area contributed by atoms with E-state index >= 15 is 0 Å². The van der Waals surface area contributed by atoms with Crippen molar-refractivity contribution in [3.05, 3.63) is 18.1 Å². The Morgan fingerprint density at radius 3 is 2.60 bits per heavy atom. The van der Waals surface area contributed by atoms with Gasteiger partial charge >= 0.3 is 0 Å². The van der Waals surface area contributed by atoms with E-state index in [0.717, 1.165) is 32.5 Å². The van der Waals surface area contributed by atoms with Crippen LogP contribution in [-0.2, 0) is 0 Å². The van der Waals surface area contributed by atoms with Crippen LogP contribution in [0.15, 0.2) is 12.4 Å². The second kappa shape index (κ2) is 8.47. The van der Waals surface area contributed by atoms with E-state index < -0.39 is 0 Å². The molecule has 1 aromatic rings. The van der Waals surface area contributed by atoms with E-state index in [1.807, 2.05) is 6.92 Å². The van der Waals surface area contributed by atoms with Crippen LogP contribution in [0, 0.1) is 0 Å². The van der Waals surface area contributed by atoms with Gasteiger partial charge < -0.3 is 16.0 Å². The standard InChI is InChI=1S/C14H25N5O/c1-4-19(5-2)8-6-7-11(3)18-14(20)12-9-17-13(15)10-16-12/h9-11H,4-8H2,1-3H3,(H2,15,17)(H,18,20). The van der Waals surface area contributed by atoms with Gasteiger partial charge in [-0.15, -0.1) is 0 Å². The number of hydrogen-bond donors (Lipinski definition) is 2. The predicted octanol–water partition coefficient (Wildman–Crippen LogP) is 1.30. The van der Waals surface area contributed by atoms with Crippen molar-refractivity contribution < 1.29 is 4.79 Å². The van der Waals surface area contributed by atoms with Crippen molar-refractivity contribution in [1.82, 2.24) is 20.2 Å². The monoisotopic (exact) mass is 279 g/mol. The molecule has 20 heavy (non-hydrogen) atoms. The summed E-state index contributed by atoms with van der Waals surface area (Å²) < 4.78 is 0. The van der Waals surface area contributed by atoms with E-state index in [4.69, 9.17) is 5.73 Å². The lowest BCUT2D eigenvalue weighted by Gasteiger charge is -2.19. The quantitative estimate of drug-likeness (QED) is 0.749. The predicted molar refractivity (Wildman–Crippen MR) is 80.4 cm³/mol.